The zero-order chi connectivity index (χ0) is 19.1. The molecule has 3 aromatic rings. The number of anilines is 1. The Hall–Kier alpha value is -2.78. The Morgan fingerprint density at radius 1 is 1.19 bits per heavy atom. The fourth-order valence-electron chi connectivity index (χ4n) is 2.09. The second kappa shape index (κ2) is 9.24. The third-order valence-electron chi connectivity index (χ3n) is 3.22. The van der Waals surface area contributed by atoms with Crippen LogP contribution in [0.1, 0.15) is 5.56 Å². The molecule has 0 fully saturated rings. The van der Waals surface area contributed by atoms with Crippen LogP contribution in [0.2, 0.25) is 0 Å². The van der Waals surface area contributed by atoms with Gasteiger partial charge in [-0.1, -0.05) is 41.3 Å². The van der Waals surface area contributed by atoms with Gasteiger partial charge in [0.05, 0.1) is 0 Å². The van der Waals surface area contributed by atoms with Crippen LogP contribution in [0.5, 0.6) is 5.75 Å². The van der Waals surface area contributed by atoms with Crippen LogP contribution in [0.3, 0.4) is 0 Å². The molecule has 0 saturated carbocycles. The van der Waals surface area contributed by atoms with Crippen molar-refractivity contribution in [3.8, 4) is 5.75 Å². The molecule has 0 bridgehead atoms. The van der Waals surface area contributed by atoms with E-state index in [1.807, 2.05) is 12.1 Å². The quantitative estimate of drug-likeness (QED) is 0.564. The molecular weight excluding hydrogens is 392 g/mol. The van der Waals surface area contributed by atoms with E-state index in [0.29, 0.717) is 11.3 Å². The van der Waals surface area contributed by atoms with Crippen molar-refractivity contribution < 1.29 is 18.3 Å². The molecule has 0 saturated heterocycles. The molecule has 0 radical (unpaired) electrons. The average molecular weight is 405 g/mol. The van der Waals surface area contributed by atoms with Crippen LogP contribution < -0.4 is 10.1 Å². The van der Waals surface area contributed by atoms with Gasteiger partial charge in [0, 0.05) is 22.2 Å². The molecule has 1 aromatic heterocycles. The first-order valence-corrected chi connectivity index (χ1v) is 9.37. The van der Waals surface area contributed by atoms with Gasteiger partial charge < -0.3 is 10.1 Å². The van der Waals surface area contributed by atoms with Crippen molar-refractivity contribution in [1.82, 2.24) is 10.2 Å². The summed E-state index contributed by atoms with van der Waals surface area (Å²) < 4.78 is 30.1. The van der Waals surface area contributed by atoms with Crippen molar-refractivity contribution >= 4 is 40.8 Å². The molecule has 3 rings (SSSR count). The molecule has 0 unspecified atom stereocenters. The fraction of sp³-hybridized carbons (Fsp3) is 0.0556. The maximum Gasteiger partial charge on any atom is 0.387 e. The second-order valence-corrected chi connectivity index (χ2v) is 7.22. The number of nitrogens with one attached hydrogen (secondary N) is 1. The van der Waals surface area contributed by atoms with Gasteiger partial charge in [-0.05, 0) is 36.4 Å². The number of carbonyl (C=O) groups is 1. The predicted octanol–water partition coefficient (Wildman–Crippen LogP) is 4.94. The lowest BCUT2D eigenvalue weighted by molar-refractivity contribution is -0.111. The van der Waals surface area contributed by atoms with Crippen LogP contribution >= 0.6 is 23.1 Å². The summed E-state index contributed by atoms with van der Waals surface area (Å²) in [7, 11) is 0. The van der Waals surface area contributed by atoms with Gasteiger partial charge in [0.2, 0.25) is 5.91 Å². The molecule has 1 amide bonds. The fourth-order valence-corrected chi connectivity index (χ4v) is 3.54. The summed E-state index contributed by atoms with van der Waals surface area (Å²) >= 11 is 2.93. The third kappa shape index (κ3) is 5.87. The summed E-state index contributed by atoms with van der Waals surface area (Å²) in [6.07, 6.45) is 2.68. The van der Waals surface area contributed by atoms with Crippen LogP contribution in [0.15, 0.2) is 69.4 Å². The smallest absolute Gasteiger partial charge is 0.387 e. The third-order valence-corrected chi connectivity index (χ3v) is 5.00. The van der Waals surface area contributed by atoms with Gasteiger partial charge in [0.15, 0.2) is 4.34 Å². The van der Waals surface area contributed by atoms with Crippen LogP contribution in [0.25, 0.3) is 6.08 Å². The van der Waals surface area contributed by atoms with E-state index in [0.717, 1.165) is 9.24 Å². The second-order valence-electron chi connectivity index (χ2n) is 5.07. The molecule has 1 heterocycles. The normalized spacial score (nSPS) is 11.1. The number of rotatable bonds is 7. The van der Waals surface area contributed by atoms with Crippen molar-refractivity contribution in [1.29, 1.82) is 0 Å². The number of hydrogen-bond donors (Lipinski definition) is 1. The van der Waals surface area contributed by atoms with Crippen molar-refractivity contribution in [3.63, 3.8) is 0 Å². The van der Waals surface area contributed by atoms with Crippen molar-refractivity contribution in [2.24, 2.45) is 0 Å². The van der Waals surface area contributed by atoms with Crippen LogP contribution in [0.4, 0.5) is 14.5 Å². The van der Waals surface area contributed by atoms with E-state index < -0.39 is 6.61 Å². The highest BCUT2D eigenvalue weighted by Gasteiger charge is 2.07. The number of ether oxygens (including phenoxy) is 1. The topological polar surface area (TPSA) is 64.1 Å². The molecular formula is C18H13F2N3O2S2. The lowest BCUT2D eigenvalue weighted by Gasteiger charge is -2.07. The van der Waals surface area contributed by atoms with Crippen LogP contribution in [0, 0.1) is 0 Å². The van der Waals surface area contributed by atoms with Crippen LogP contribution in [-0.4, -0.2) is 22.7 Å². The maximum atomic E-state index is 12.4. The number of halogens is 2. The van der Waals surface area contributed by atoms with Gasteiger partial charge in [-0.25, -0.2) is 0 Å². The van der Waals surface area contributed by atoms with E-state index in [-0.39, 0.29) is 11.7 Å². The molecule has 138 valence electrons. The summed E-state index contributed by atoms with van der Waals surface area (Å²) in [5.74, 6) is -0.374. The first kappa shape index (κ1) is 19.0. The molecule has 1 N–H and O–H groups in total. The zero-order valence-corrected chi connectivity index (χ0v) is 15.3. The number of amides is 1. The Labute approximate surface area is 162 Å². The highest BCUT2D eigenvalue weighted by atomic mass is 32.2. The molecule has 2 aromatic carbocycles. The van der Waals surface area contributed by atoms with E-state index in [1.165, 1.54) is 41.3 Å². The van der Waals surface area contributed by atoms with E-state index in [9.17, 15) is 13.6 Å². The molecule has 0 aliphatic rings. The Bertz CT molecular complexity index is 917. The molecule has 0 spiro atoms. The number of benzene rings is 2. The first-order valence-electron chi connectivity index (χ1n) is 7.67. The molecule has 9 heteroatoms. The zero-order valence-electron chi connectivity index (χ0n) is 13.7. The summed E-state index contributed by atoms with van der Waals surface area (Å²) in [5, 5.41) is 10.4. The summed E-state index contributed by atoms with van der Waals surface area (Å²) in [4.78, 5) is 13.0. The van der Waals surface area contributed by atoms with E-state index in [2.05, 4.69) is 20.3 Å². The van der Waals surface area contributed by atoms with E-state index in [4.69, 9.17) is 0 Å². The standard InChI is InChI=1S/C18H13F2N3O2S2/c19-17(20)25-15-4-2-1-3-12(15)5-10-16(24)22-13-6-8-14(9-7-13)27-18-23-21-11-26-18/h1-11,17H,(H,22,24). The number of carbonyl (C=O) groups excluding carboxylic acids is 1. The largest absolute Gasteiger partial charge is 0.434 e. The summed E-state index contributed by atoms with van der Waals surface area (Å²) in [5.41, 5.74) is 2.66. The number of para-hydroxylation sites is 1. The van der Waals surface area contributed by atoms with Gasteiger partial charge in [-0.2, -0.15) is 8.78 Å². The monoisotopic (exact) mass is 405 g/mol. The van der Waals surface area contributed by atoms with Gasteiger partial charge >= 0.3 is 6.61 Å². The molecule has 0 atom stereocenters. The van der Waals surface area contributed by atoms with Gasteiger partial charge in [-0.3, -0.25) is 4.79 Å². The van der Waals surface area contributed by atoms with E-state index in [1.54, 1.807) is 35.8 Å². The highest BCUT2D eigenvalue weighted by Crippen LogP contribution is 2.29. The van der Waals surface area contributed by atoms with Crippen molar-refractivity contribution in [2.45, 2.75) is 15.8 Å². The molecule has 0 aliphatic carbocycles. The lowest BCUT2D eigenvalue weighted by atomic mass is 10.2. The summed E-state index contributed by atoms with van der Waals surface area (Å²) in [6.45, 7) is -2.93. The Morgan fingerprint density at radius 3 is 2.67 bits per heavy atom. The number of alkyl halides is 2. The Morgan fingerprint density at radius 2 is 1.96 bits per heavy atom. The predicted molar refractivity (Wildman–Crippen MR) is 101 cm³/mol. The minimum Gasteiger partial charge on any atom is -0.434 e. The highest BCUT2D eigenvalue weighted by molar-refractivity contribution is 8.01. The van der Waals surface area contributed by atoms with Gasteiger partial charge in [0.1, 0.15) is 11.3 Å². The van der Waals surface area contributed by atoms with Crippen LogP contribution in [-0.2, 0) is 4.79 Å². The van der Waals surface area contributed by atoms with Gasteiger partial charge in [0.25, 0.3) is 0 Å². The van der Waals surface area contributed by atoms with Gasteiger partial charge in [-0.15, -0.1) is 10.2 Å². The Kier molecular flexibility index (Phi) is 6.50. The molecule has 27 heavy (non-hydrogen) atoms. The average Bonchev–Trinajstić information content (AvgIpc) is 3.15. The minimum absolute atomic E-state index is 0.00889. The first-order chi connectivity index (χ1) is 13.1. The summed E-state index contributed by atoms with van der Waals surface area (Å²) in [6, 6.07) is 13.5. The molecule has 0 aliphatic heterocycles. The van der Waals surface area contributed by atoms with Crippen molar-refractivity contribution in [3.05, 3.63) is 65.7 Å². The number of aromatic nitrogens is 2. The molecule has 5 nitrogen and oxygen atoms in total. The number of nitrogens with zero attached hydrogens (tertiary/aromatic N) is 2. The SMILES string of the molecule is O=C(C=Cc1ccccc1OC(F)F)Nc1ccc(Sc2nncs2)cc1. The minimum atomic E-state index is -2.93. The van der Waals surface area contributed by atoms with Crippen molar-refractivity contribution in [2.75, 3.05) is 5.32 Å². The Balaban J connectivity index is 1.60. The number of hydrogen-bond acceptors (Lipinski definition) is 6. The lowest BCUT2D eigenvalue weighted by Crippen LogP contribution is -2.07. The van der Waals surface area contributed by atoms with E-state index >= 15 is 0 Å². The maximum absolute atomic E-state index is 12.4.